The van der Waals surface area contributed by atoms with E-state index in [0.717, 1.165) is 10.1 Å². The van der Waals surface area contributed by atoms with Gasteiger partial charge in [0.25, 0.3) is 0 Å². The van der Waals surface area contributed by atoms with E-state index in [1.807, 2.05) is 18.1 Å². The Morgan fingerprint density at radius 2 is 2.44 bits per heavy atom. The van der Waals surface area contributed by atoms with E-state index in [9.17, 15) is 4.79 Å². The van der Waals surface area contributed by atoms with Gasteiger partial charge in [0.2, 0.25) is 0 Å². The van der Waals surface area contributed by atoms with E-state index in [1.54, 1.807) is 0 Å². The number of carbonyl (C=O) groups is 1. The zero-order valence-corrected chi connectivity index (χ0v) is 7.38. The summed E-state index contributed by atoms with van der Waals surface area (Å²) in [7, 11) is 1.98. The van der Waals surface area contributed by atoms with Gasteiger partial charge in [-0.15, -0.1) is 0 Å². The Morgan fingerprint density at radius 3 is 2.89 bits per heavy atom. The summed E-state index contributed by atoms with van der Waals surface area (Å²) in [5, 5.41) is 0. The molecule has 0 radical (unpaired) electrons. The molecular formula is C6H8INO. The lowest BCUT2D eigenvalue weighted by Crippen LogP contribution is -2.21. The summed E-state index contributed by atoms with van der Waals surface area (Å²) in [4.78, 5) is 12.9. The van der Waals surface area contributed by atoms with Crippen molar-refractivity contribution in [2.24, 2.45) is 0 Å². The Hall–Kier alpha value is -0.0600. The Kier molecular flexibility index (Phi) is 2.10. The van der Waals surface area contributed by atoms with E-state index in [4.69, 9.17) is 0 Å². The predicted octanol–water partition coefficient (Wildman–Crippen LogP) is 1.17. The van der Waals surface area contributed by atoms with Gasteiger partial charge in [0.1, 0.15) is 0 Å². The van der Waals surface area contributed by atoms with Crippen molar-refractivity contribution in [1.82, 2.24) is 4.90 Å². The van der Waals surface area contributed by atoms with Gasteiger partial charge in [0.15, 0.2) is 5.78 Å². The predicted molar refractivity (Wildman–Crippen MR) is 44.4 cm³/mol. The van der Waals surface area contributed by atoms with Crippen molar-refractivity contribution in [1.29, 1.82) is 0 Å². The summed E-state index contributed by atoms with van der Waals surface area (Å²) in [5.41, 5.74) is 0. The van der Waals surface area contributed by atoms with Crippen LogP contribution < -0.4 is 0 Å². The van der Waals surface area contributed by atoms with E-state index in [1.165, 1.54) is 0 Å². The Morgan fingerprint density at radius 1 is 1.78 bits per heavy atom. The number of ketones is 1. The van der Waals surface area contributed by atoms with Gasteiger partial charge < -0.3 is 4.90 Å². The molecule has 1 aliphatic heterocycles. The highest BCUT2D eigenvalue weighted by molar-refractivity contribution is 14.1. The first-order valence-electron chi connectivity index (χ1n) is 2.81. The second-order valence-electron chi connectivity index (χ2n) is 2.13. The van der Waals surface area contributed by atoms with E-state index >= 15 is 0 Å². The second-order valence-corrected chi connectivity index (χ2v) is 3.29. The smallest absolute Gasteiger partial charge is 0.172 e. The standard InChI is InChI=1S/C6H8INO/c1-8-3-2-6(9)5(7)4-8/h4H,2-3H2,1H3. The maximum Gasteiger partial charge on any atom is 0.172 e. The second kappa shape index (κ2) is 2.68. The van der Waals surface area contributed by atoms with Crippen LogP contribution in [0.4, 0.5) is 0 Å². The lowest BCUT2D eigenvalue weighted by Gasteiger charge is -2.18. The normalized spacial score (nSPS) is 20.0. The molecule has 0 aromatic carbocycles. The van der Waals surface area contributed by atoms with Gasteiger partial charge in [-0.3, -0.25) is 4.79 Å². The fourth-order valence-corrected chi connectivity index (χ4v) is 1.47. The van der Waals surface area contributed by atoms with Crippen molar-refractivity contribution >= 4 is 28.4 Å². The van der Waals surface area contributed by atoms with E-state index < -0.39 is 0 Å². The van der Waals surface area contributed by atoms with Gasteiger partial charge in [-0.2, -0.15) is 0 Å². The third kappa shape index (κ3) is 1.67. The molecule has 9 heavy (non-hydrogen) atoms. The van der Waals surface area contributed by atoms with Gasteiger partial charge in [-0.25, -0.2) is 0 Å². The zero-order valence-electron chi connectivity index (χ0n) is 5.22. The number of carbonyl (C=O) groups excluding carboxylic acids is 1. The highest BCUT2D eigenvalue weighted by Gasteiger charge is 2.12. The first-order valence-corrected chi connectivity index (χ1v) is 3.89. The number of nitrogens with zero attached hydrogens (tertiary/aromatic N) is 1. The topological polar surface area (TPSA) is 20.3 Å². The fraction of sp³-hybridized carbons (Fsp3) is 0.500. The molecule has 0 fully saturated rings. The van der Waals surface area contributed by atoms with E-state index in [-0.39, 0.29) is 5.78 Å². The van der Waals surface area contributed by atoms with Crippen LogP contribution in [0.15, 0.2) is 9.78 Å². The van der Waals surface area contributed by atoms with E-state index in [2.05, 4.69) is 22.6 Å². The number of rotatable bonds is 0. The Bertz CT molecular complexity index is 164. The average Bonchev–Trinajstić information content (AvgIpc) is 1.80. The maximum absolute atomic E-state index is 10.8. The third-order valence-corrected chi connectivity index (χ3v) is 2.17. The molecule has 0 bridgehead atoms. The van der Waals surface area contributed by atoms with Crippen molar-refractivity contribution in [3.8, 4) is 0 Å². The van der Waals surface area contributed by atoms with Crippen molar-refractivity contribution in [3.63, 3.8) is 0 Å². The van der Waals surface area contributed by atoms with Crippen LogP contribution in [0.1, 0.15) is 6.42 Å². The molecule has 0 N–H and O–H groups in total. The summed E-state index contributed by atoms with van der Waals surface area (Å²) in [5.74, 6) is 0.272. The van der Waals surface area contributed by atoms with Gasteiger partial charge in [-0.05, 0) is 22.6 Å². The number of halogens is 1. The van der Waals surface area contributed by atoms with Gasteiger partial charge in [-0.1, -0.05) is 0 Å². The molecule has 3 heteroatoms. The molecule has 50 valence electrons. The van der Waals surface area contributed by atoms with Gasteiger partial charge in [0, 0.05) is 26.2 Å². The Labute approximate surface area is 68.1 Å². The van der Waals surface area contributed by atoms with Crippen molar-refractivity contribution in [2.75, 3.05) is 13.6 Å². The van der Waals surface area contributed by atoms with Crippen LogP contribution in [0.25, 0.3) is 0 Å². The summed E-state index contributed by atoms with van der Waals surface area (Å²) >= 11 is 2.07. The number of allylic oxidation sites excluding steroid dienone is 1. The van der Waals surface area contributed by atoms with Crippen molar-refractivity contribution in [3.05, 3.63) is 9.78 Å². The molecule has 0 spiro atoms. The molecular weight excluding hydrogens is 229 g/mol. The van der Waals surface area contributed by atoms with E-state index in [0.29, 0.717) is 6.42 Å². The zero-order chi connectivity index (χ0) is 6.85. The van der Waals surface area contributed by atoms with Gasteiger partial charge in [0.05, 0.1) is 3.58 Å². The molecule has 1 aliphatic rings. The summed E-state index contributed by atoms with van der Waals surface area (Å²) in [6.07, 6.45) is 2.55. The fourth-order valence-electron chi connectivity index (χ4n) is 0.727. The molecule has 0 saturated carbocycles. The minimum atomic E-state index is 0.272. The van der Waals surface area contributed by atoms with Crippen LogP contribution in [0, 0.1) is 0 Å². The number of Topliss-reactive ketones (excluding diaryl/α,β-unsaturated/α-hetero) is 1. The minimum Gasteiger partial charge on any atom is -0.379 e. The monoisotopic (exact) mass is 237 g/mol. The highest BCUT2D eigenvalue weighted by Crippen LogP contribution is 2.15. The molecule has 2 nitrogen and oxygen atoms in total. The molecule has 1 heterocycles. The first kappa shape index (κ1) is 7.05. The molecule has 1 rings (SSSR count). The Balaban J connectivity index is 2.72. The van der Waals surface area contributed by atoms with Crippen LogP contribution in [0.5, 0.6) is 0 Å². The van der Waals surface area contributed by atoms with Gasteiger partial charge >= 0.3 is 0 Å². The number of hydrogen-bond donors (Lipinski definition) is 0. The molecule has 0 aliphatic carbocycles. The van der Waals surface area contributed by atoms with Crippen molar-refractivity contribution < 1.29 is 4.79 Å². The van der Waals surface area contributed by atoms with Crippen molar-refractivity contribution in [2.45, 2.75) is 6.42 Å². The van der Waals surface area contributed by atoms with Crippen LogP contribution in [0.2, 0.25) is 0 Å². The molecule has 0 unspecified atom stereocenters. The third-order valence-electron chi connectivity index (χ3n) is 1.29. The maximum atomic E-state index is 10.8. The van der Waals surface area contributed by atoms with Crippen LogP contribution in [-0.2, 0) is 4.79 Å². The molecule has 0 aromatic rings. The van der Waals surface area contributed by atoms with Crippen LogP contribution >= 0.6 is 22.6 Å². The van der Waals surface area contributed by atoms with Crippen LogP contribution in [-0.4, -0.2) is 24.3 Å². The molecule has 0 amide bonds. The minimum absolute atomic E-state index is 0.272. The quantitative estimate of drug-likeness (QED) is 0.589. The molecule has 0 atom stereocenters. The molecule has 0 saturated heterocycles. The SMILES string of the molecule is CN1C=C(I)C(=O)CC1. The average molecular weight is 237 g/mol. The summed E-state index contributed by atoms with van der Waals surface area (Å²) < 4.78 is 0.848. The lowest BCUT2D eigenvalue weighted by molar-refractivity contribution is -0.115. The highest BCUT2D eigenvalue weighted by atomic mass is 127. The summed E-state index contributed by atoms with van der Waals surface area (Å²) in [6, 6.07) is 0. The number of hydrogen-bond acceptors (Lipinski definition) is 2. The lowest BCUT2D eigenvalue weighted by atomic mass is 10.2. The first-order chi connectivity index (χ1) is 4.20. The summed E-state index contributed by atoms with van der Waals surface area (Å²) in [6.45, 7) is 0.866. The molecule has 0 aromatic heterocycles. The van der Waals surface area contributed by atoms with Crippen LogP contribution in [0.3, 0.4) is 0 Å². The largest absolute Gasteiger partial charge is 0.379 e.